The Labute approximate surface area is 177 Å². The van der Waals surface area contributed by atoms with Crippen molar-refractivity contribution in [2.75, 3.05) is 31.5 Å². The number of hydrogen-bond acceptors (Lipinski definition) is 4. The Morgan fingerprint density at radius 2 is 2.03 bits per heavy atom. The Morgan fingerprint density at radius 1 is 1.24 bits per heavy atom. The zero-order valence-electron chi connectivity index (χ0n) is 17.5. The van der Waals surface area contributed by atoms with Gasteiger partial charge in [0.2, 0.25) is 0 Å². The second-order valence-corrected chi connectivity index (χ2v) is 9.32. The molecule has 1 saturated heterocycles. The second-order valence-electron chi connectivity index (χ2n) is 8.88. The SMILES string of the molecule is CC(C)(C)OC(=O)N1CCC[C@@H](N2CC=CC[C@@H](Nc3cc(F)cc(Cl)c3)C2)C1. The highest BCUT2D eigenvalue weighted by molar-refractivity contribution is 6.30. The monoisotopic (exact) mass is 423 g/mol. The number of amides is 1. The predicted molar refractivity (Wildman–Crippen MR) is 115 cm³/mol. The van der Waals surface area contributed by atoms with E-state index in [-0.39, 0.29) is 24.0 Å². The fourth-order valence-corrected chi connectivity index (χ4v) is 4.15. The van der Waals surface area contributed by atoms with Gasteiger partial charge in [-0.15, -0.1) is 0 Å². The quantitative estimate of drug-likeness (QED) is 0.701. The molecule has 0 aromatic heterocycles. The number of benzene rings is 1. The van der Waals surface area contributed by atoms with Crippen LogP contribution in [0.5, 0.6) is 0 Å². The van der Waals surface area contributed by atoms with Crippen LogP contribution >= 0.6 is 11.6 Å². The van der Waals surface area contributed by atoms with Crippen LogP contribution in [-0.4, -0.2) is 59.8 Å². The minimum Gasteiger partial charge on any atom is -0.444 e. The van der Waals surface area contributed by atoms with Crippen molar-refractivity contribution in [1.82, 2.24) is 9.80 Å². The second kappa shape index (κ2) is 9.35. The van der Waals surface area contributed by atoms with Gasteiger partial charge in [0.15, 0.2) is 0 Å². The van der Waals surface area contributed by atoms with E-state index in [9.17, 15) is 9.18 Å². The van der Waals surface area contributed by atoms with E-state index < -0.39 is 5.60 Å². The van der Waals surface area contributed by atoms with Crippen LogP contribution in [0.2, 0.25) is 5.02 Å². The Hall–Kier alpha value is -1.79. The molecule has 7 heteroatoms. The molecule has 2 aliphatic rings. The number of likely N-dealkylation sites (tertiary alicyclic amines) is 1. The van der Waals surface area contributed by atoms with Gasteiger partial charge in [-0.25, -0.2) is 9.18 Å². The van der Waals surface area contributed by atoms with Crippen LogP contribution in [-0.2, 0) is 4.74 Å². The van der Waals surface area contributed by atoms with Crippen molar-refractivity contribution in [2.45, 2.75) is 57.7 Å². The third kappa shape index (κ3) is 6.61. The standard InChI is InChI=1S/C22H31ClFN3O2/c1-22(2,3)29-21(28)27-10-6-8-20(15-27)26-9-5-4-7-18(14-26)25-19-12-16(23)11-17(24)13-19/h4-5,11-13,18,20,25H,6-10,14-15H2,1-3H3/t18-,20-/m1/s1. The van der Waals surface area contributed by atoms with Crippen molar-refractivity contribution in [2.24, 2.45) is 0 Å². The van der Waals surface area contributed by atoms with Crippen molar-refractivity contribution in [3.63, 3.8) is 0 Å². The minimum absolute atomic E-state index is 0.142. The average molecular weight is 424 g/mol. The molecule has 0 radical (unpaired) electrons. The van der Waals surface area contributed by atoms with Gasteiger partial charge in [-0.05, 0) is 58.2 Å². The van der Waals surface area contributed by atoms with E-state index in [1.165, 1.54) is 12.1 Å². The van der Waals surface area contributed by atoms with Gasteiger partial charge in [0.25, 0.3) is 0 Å². The normalized spacial score (nSPS) is 23.6. The fourth-order valence-electron chi connectivity index (χ4n) is 3.92. The van der Waals surface area contributed by atoms with Gasteiger partial charge in [-0.1, -0.05) is 23.8 Å². The molecule has 1 aromatic rings. The number of anilines is 1. The number of ether oxygens (including phenoxy) is 1. The van der Waals surface area contributed by atoms with Crippen LogP contribution in [0.15, 0.2) is 30.4 Å². The number of rotatable bonds is 3. The van der Waals surface area contributed by atoms with Crippen molar-refractivity contribution in [3.8, 4) is 0 Å². The molecule has 0 bridgehead atoms. The smallest absolute Gasteiger partial charge is 0.410 e. The molecular weight excluding hydrogens is 393 g/mol. The van der Waals surface area contributed by atoms with Crippen molar-refractivity contribution in [1.29, 1.82) is 0 Å². The third-order valence-corrected chi connectivity index (χ3v) is 5.40. The molecule has 3 rings (SSSR count). The summed E-state index contributed by atoms with van der Waals surface area (Å²) in [5, 5.41) is 3.80. The number of carbonyl (C=O) groups is 1. The number of carbonyl (C=O) groups excluding carboxylic acids is 1. The van der Waals surface area contributed by atoms with Gasteiger partial charge in [0, 0.05) is 49.0 Å². The number of hydrogen-bond donors (Lipinski definition) is 1. The lowest BCUT2D eigenvalue weighted by molar-refractivity contribution is 0.0114. The first-order valence-corrected chi connectivity index (χ1v) is 10.7. The molecule has 1 N–H and O–H groups in total. The summed E-state index contributed by atoms with van der Waals surface area (Å²) < 4.78 is 19.2. The summed E-state index contributed by atoms with van der Waals surface area (Å²) >= 11 is 5.99. The van der Waals surface area contributed by atoms with Crippen LogP contribution < -0.4 is 5.32 Å². The van der Waals surface area contributed by atoms with Gasteiger partial charge in [-0.2, -0.15) is 0 Å². The summed E-state index contributed by atoms with van der Waals surface area (Å²) in [5.41, 5.74) is 0.200. The molecule has 0 unspecified atom stereocenters. The lowest BCUT2D eigenvalue weighted by Gasteiger charge is -2.40. The van der Waals surface area contributed by atoms with Gasteiger partial charge >= 0.3 is 6.09 Å². The van der Waals surface area contributed by atoms with Crippen LogP contribution in [0.3, 0.4) is 0 Å². The zero-order valence-corrected chi connectivity index (χ0v) is 18.2. The summed E-state index contributed by atoms with van der Waals surface area (Å²) in [6.07, 6.45) is 6.96. The highest BCUT2D eigenvalue weighted by Gasteiger charge is 2.31. The number of nitrogens with one attached hydrogen (secondary N) is 1. The molecule has 2 atom stereocenters. The van der Waals surface area contributed by atoms with Gasteiger partial charge in [0.1, 0.15) is 11.4 Å². The summed E-state index contributed by atoms with van der Waals surface area (Å²) in [4.78, 5) is 16.7. The summed E-state index contributed by atoms with van der Waals surface area (Å²) in [6.45, 7) is 8.73. The summed E-state index contributed by atoms with van der Waals surface area (Å²) in [7, 11) is 0. The molecule has 0 saturated carbocycles. The maximum atomic E-state index is 13.7. The molecule has 5 nitrogen and oxygen atoms in total. The van der Waals surface area contributed by atoms with E-state index >= 15 is 0 Å². The van der Waals surface area contributed by atoms with E-state index in [2.05, 4.69) is 22.4 Å². The first-order valence-electron chi connectivity index (χ1n) is 10.3. The van der Waals surface area contributed by atoms with E-state index in [1.54, 1.807) is 6.07 Å². The largest absolute Gasteiger partial charge is 0.444 e. The Balaban J connectivity index is 1.63. The maximum absolute atomic E-state index is 13.7. The lowest BCUT2D eigenvalue weighted by atomic mass is 10.0. The lowest BCUT2D eigenvalue weighted by Crippen LogP contribution is -2.52. The van der Waals surface area contributed by atoms with Crippen molar-refractivity contribution >= 4 is 23.4 Å². The first kappa shape index (κ1) is 21.9. The molecule has 0 spiro atoms. The molecule has 1 aromatic carbocycles. The van der Waals surface area contributed by atoms with E-state index in [1.807, 2.05) is 25.7 Å². The molecule has 1 fully saturated rings. The zero-order chi connectivity index (χ0) is 21.0. The Kier molecular flexibility index (Phi) is 7.06. The average Bonchev–Trinajstić information content (AvgIpc) is 2.85. The number of halogens is 2. The van der Waals surface area contributed by atoms with E-state index in [0.717, 1.165) is 38.9 Å². The van der Waals surface area contributed by atoms with E-state index in [4.69, 9.17) is 16.3 Å². The molecular formula is C22H31ClFN3O2. The van der Waals surface area contributed by atoms with Gasteiger partial charge in [-0.3, -0.25) is 4.90 Å². The number of piperidine rings is 1. The molecule has 160 valence electrons. The molecule has 2 aliphatic heterocycles. The summed E-state index contributed by atoms with van der Waals surface area (Å²) in [6, 6.07) is 4.94. The van der Waals surface area contributed by atoms with Crippen LogP contribution in [0.25, 0.3) is 0 Å². The third-order valence-electron chi connectivity index (χ3n) is 5.18. The highest BCUT2D eigenvalue weighted by Crippen LogP contribution is 2.23. The van der Waals surface area contributed by atoms with Gasteiger partial charge in [0.05, 0.1) is 0 Å². The highest BCUT2D eigenvalue weighted by atomic mass is 35.5. The molecule has 0 aliphatic carbocycles. The fraction of sp³-hybridized carbons (Fsp3) is 0.591. The van der Waals surface area contributed by atoms with Gasteiger partial charge < -0.3 is 15.0 Å². The van der Waals surface area contributed by atoms with Crippen LogP contribution in [0.4, 0.5) is 14.9 Å². The predicted octanol–water partition coefficient (Wildman–Crippen LogP) is 4.92. The minimum atomic E-state index is -0.489. The maximum Gasteiger partial charge on any atom is 0.410 e. The van der Waals surface area contributed by atoms with Crippen molar-refractivity contribution in [3.05, 3.63) is 41.2 Å². The first-order chi connectivity index (χ1) is 13.7. The number of nitrogens with zero attached hydrogens (tertiary/aromatic N) is 2. The van der Waals surface area contributed by atoms with E-state index in [0.29, 0.717) is 17.3 Å². The topological polar surface area (TPSA) is 44.8 Å². The Bertz CT molecular complexity index is 730. The van der Waals surface area contributed by atoms with Crippen molar-refractivity contribution < 1.29 is 13.9 Å². The van der Waals surface area contributed by atoms with Crippen LogP contribution in [0.1, 0.15) is 40.0 Å². The molecule has 2 heterocycles. The Morgan fingerprint density at radius 3 is 2.76 bits per heavy atom. The molecule has 1 amide bonds. The van der Waals surface area contributed by atoms with Crippen LogP contribution in [0, 0.1) is 5.82 Å². The summed E-state index contributed by atoms with van der Waals surface area (Å²) in [5.74, 6) is -0.346. The molecule has 29 heavy (non-hydrogen) atoms.